The number of H-pyrrole nitrogens is 1. The Hall–Kier alpha value is -1.48. The van der Waals surface area contributed by atoms with Gasteiger partial charge in [-0.1, -0.05) is 12.5 Å². The molecule has 0 fully saturated rings. The molecule has 0 saturated heterocycles. The summed E-state index contributed by atoms with van der Waals surface area (Å²) in [7, 11) is 0. The molecule has 0 aliphatic rings. The van der Waals surface area contributed by atoms with Gasteiger partial charge >= 0.3 is 0 Å². The average molecular weight is 139 g/mol. The Morgan fingerprint density at radius 1 is 1.80 bits per heavy atom. The second-order valence-corrected chi connectivity index (χ2v) is 1.47. The smallest absolute Gasteiger partial charge is 0.0921 e. The van der Waals surface area contributed by atoms with Gasteiger partial charge in [0.25, 0.3) is 0 Å². The number of nitrogens with zero attached hydrogens (tertiary/aromatic N) is 4. The normalized spacial score (nSPS) is 7.60. The van der Waals surface area contributed by atoms with Crippen molar-refractivity contribution < 1.29 is 0 Å². The van der Waals surface area contributed by atoms with E-state index < -0.39 is 0 Å². The van der Waals surface area contributed by atoms with E-state index in [9.17, 15) is 0 Å². The van der Waals surface area contributed by atoms with Crippen molar-refractivity contribution in [3.63, 3.8) is 0 Å². The standard InChI is InChI=1S/C4H5N5.CH4/c5-9-8-2-4-1-6-3-7-4;/h1,3H,2H2,(H,6,7);1H4. The number of azide groups is 1. The topological polar surface area (TPSA) is 77.4 Å². The van der Waals surface area contributed by atoms with Gasteiger partial charge in [-0.3, -0.25) is 0 Å². The second-order valence-electron chi connectivity index (χ2n) is 1.47. The van der Waals surface area contributed by atoms with E-state index >= 15 is 0 Å². The summed E-state index contributed by atoms with van der Waals surface area (Å²) in [6.45, 7) is 0.344. The molecule has 0 aliphatic heterocycles. The Kier molecular flexibility index (Phi) is 3.75. The van der Waals surface area contributed by atoms with Gasteiger partial charge in [-0.05, 0) is 5.53 Å². The summed E-state index contributed by atoms with van der Waals surface area (Å²) in [5, 5.41) is 3.32. The van der Waals surface area contributed by atoms with E-state index in [-0.39, 0.29) is 7.43 Å². The maximum absolute atomic E-state index is 7.89. The SMILES string of the molecule is C.[N-]=[N+]=NCc1cnc[nH]1. The molecular weight excluding hydrogens is 130 g/mol. The third-order valence-electron chi connectivity index (χ3n) is 0.859. The molecule has 0 atom stereocenters. The van der Waals surface area contributed by atoms with E-state index in [0.717, 1.165) is 5.69 Å². The molecule has 0 spiro atoms. The molecule has 10 heavy (non-hydrogen) atoms. The highest BCUT2D eigenvalue weighted by molar-refractivity contribution is 4.92. The average Bonchev–Trinajstić information content (AvgIpc) is 2.34. The molecule has 1 N–H and O–H groups in total. The lowest BCUT2D eigenvalue weighted by Crippen LogP contribution is -1.75. The minimum atomic E-state index is 0. The lowest BCUT2D eigenvalue weighted by molar-refractivity contribution is 0.995. The van der Waals surface area contributed by atoms with Crippen molar-refractivity contribution in [1.29, 1.82) is 0 Å². The number of aromatic amines is 1. The lowest BCUT2D eigenvalue weighted by Gasteiger charge is -1.80. The number of nitrogens with one attached hydrogen (secondary N) is 1. The van der Waals surface area contributed by atoms with E-state index in [1.165, 1.54) is 0 Å². The van der Waals surface area contributed by atoms with Crippen LogP contribution in [0.3, 0.4) is 0 Å². The molecule has 0 unspecified atom stereocenters. The second kappa shape index (κ2) is 4.40. The van der Waals surface area contributed by atoms with Crippen molar-refractivity contribution in [2.45, 2.75) is 14.0 Å². The molecule has 5 nitrogen and oxygen atoms in total. The minimum absolute atomic E-state index is 0. The van der Waals surface area contributed by atoms with Crippen molar-refractivity contribution in [1.82, 2.24) is 9.97 Å². The Morgan fingerprint density at radius 3 is 3.10 bits per heavy atom. The van der Waals surface area contributed by atoms with Crippen LogP contribution in [0.25, 0.3) is 10.4 Å². The van der Waals surface area contributed by atoms with Crippen LogP contribution in [-0.2, 0) is 6.54 Å². The highest BCUT2D eigenvalue weighted by atomic mass is 15.1. The van der Waals surface area contributed by atoms with E-state index in [1.807, 2.05) is 0 Å². The van der Waals surface area contributed by atoms with E-state index in [0.29, 0.717) is 6.54 Å². The zero-order chi connectivity index (χ0) is 6.53. The minimum Gasteiger partial charge on any atom is -0.348 e. The number of imidazole rings is 1. The maximum Gasteiger partial charge on any atom is 0.0921 e. The summed E-state index contributed by atoms with van der Waals surface area (Å²) in [5.41, 5.74) is 8.72. The van der Waals surface area contributed by atoms with Crippen LogP contribution in [-0.4, -0.2) is 9.97 Å². The molecule has 54 valence electrons. The van der Waals surface area contributed by atoms with Gasteiger partial charge in [-0.15, -0.1) is 0 Å². The first-order valence-corrected chi connectivity index (χ1v) is 2.41. The summed E-state index contributed by atoms with van der Waals surface area (Å²) in [6.07, 6.45) is 3.16. The zero-order valence-corrected chi connectivity index (χ0v) is 4.65. The van der Waals surface area contributed by atoms with Gasteiger partial charge in [0.15, 0.2) is 0 Å². The van der Waals surface area contributed by atoms with Crippen molar-refractivity contribution >= 4 is 0 Å². The molecular formula is C5H9N5. The quantitative estimate of drug-likeness (QED) is 0.379. The summed E-state index contributed by atoms with van der Waals surface area (Å²) < 4.78 is 0. The maximum atomic E-state index is 7.89. The molecule has 5 heteroatoms. The first-order chi connectivity index (χ1) is 4.43. The Bertz CT molecular complexity index is 208. The molecule has 0 radical (unpaired) electrons. The highest BCUT2D eigenvalue weighted by Gasteiger charge is 1.86. The third-order valence-corrected chi connectivity index (χ3v) is 0.859. The third kappa shape index (κ3) is 2.19. The van der Waals surface area contributed by atoms with Crippen molar-refractivity contribution in [3.05, 3.63) is 28.7 Å². The van der Waals surface area contributed by atoms with Gasteiger partial charge < -0.3 is 4.98 Å². The van der Waals surface area contributed by atoms with Crippen LogP contribution in [0.4, 0.5) is 0 Å². The largest absolute Gasteiger partial charge is 0.348 e. The lowest BCUT2D eigenvalue weighted by atomic mass is 10.5. The van der Waals surface area contributed by atoms with Crippen molar-refractivity contribution in [2.75, 3.05) is 0 Å². The first kappa shape index (κ1) is 8.52. The van der Waals surface area contributed by atoms with Crippen molar-refractivity contribution in [3.8, 4) is 0 Å². The molecule has 0 aliphatic carbocycles. The highest BCUT2D eigenvalue weighted by Crippen LogP contribution is 1.92. The summed E-state index contributed by atoms with van der Waals surface area (Å²) in [6, 6.07) is 0. The van der Waals surface area contributed by atoms with Crippen LogP contribution in [0.5, 0.6) is 0 Å². The Balaban J connectivity index is 0.000000810. The molecule has 1 heterocycles. The van der Waals surface area contributed by atoms with Gasteiger partial charge in [0, 0.05) is 16.8 Å². The molecule has 0 bridgehead atoms. The number of hydrogen-bond donors (Lipinski definition) is 1. The number of aromatic nitrogens is 2. The van der Waals surface area contributed by atoms with Crippen LogP contribution < -0.4 is 0 Å². The predicted octanol–water partition coefficient (Wildman–Crippen LogP) is 1.86. The van der Waals surface area contributed by atoms with Crippen LogP contribution in [0, 0.1) is 0 Å². The van der Waals surface area contributed by atoms with Gasteiger partial charge in [0.1, 0.15) is 0 Å². The van der Waals surface area contributed by atoms with E-state index in [4.69, 9.17) is 5.53 Å². The summed E-state index contributed by atoms with van der Waals surface area (Å²) >= 11 is 0. The summed E-state index contributed by atoms with van der Waals surface area (Å²) in [5.74, 6) is 0. The Labute approximate surface area is 58.7 Å². The van der Waals surface area contributed by atoms with Crippen LogP contribution in [0.1, 0.15) is 13.1 Å². The molecule has 0 saturated carbocycles. The van der Waals surface area contributed by atoms with Crippen LogP contribution >= 0.6 is 0 Å². The Morgan fingerprint density at radius 2 is 2.60 bits per heavy atom. The molecule has 1 rings (SSSR count). The fraction of sp³-hybridized carbons (Fsp3) is 0.400. The van der Waals surface area contributed by atoms with Crippen LogP contribution in [0.15, 0.2) is 17.6 Å². The number of hydrogen-bond acceptors (Lipinski definition) is 2. The fourth-order valence-corrected chi connectivity index (χ4v) is 0.479. The van der Waals surface area contributed by atoms with E-state index in [1.54, 1.807) is 12.5 Å². The van der Waals surface area contributed by atoms with Gasteiger partial charge in [-0.25, -0.2) is 4.98 Å². The molecule has 0 aromatic carbocycles. The zero-order valence-electron chi connectivity index (χ0n) is 4.65. The van der Waals surface area contributed by atoms with E-state index in [2.05, 4.69) is 20.0 Å². The summed E-state index contributed by atoms with van der Waals surface area (Å²) in [4.78, 5) is 9.12. The van der Waals surface area contributed by atoms with Crippen LogP contribution in [0.2, 0.25) is 0 Å². The fourth-order valence-electron chi connectivity index (χ4n) is 0.479. The molecule has 1 aromatic rings. The predicted molar refractivity (Wildman–Crippen MR) is 38.2 cm³/mol. The van der Waals surface area contributed by atoms with Gasteiger partial charge in [0.2, 0.25) is 0 Å². The van der Waals surface area contributed by atoms with Gasteiger partial charge in [0.05, 0.1) is 12.9 Å². The number of rotatable bonds is 2. The monoisotopic (exact) mass is 139 g/mol. The van der Waals surface area contributed by atoms with Crippen molar-refractivity contribution in [2.24, 2.45) is 5.11 Å². The first-order valence-electron chi connectivity index (χ1n) is 2.41. The van der Waals surface area contributed by atoms with Gasteiger partial charge in [-0.2, -0.15) is 0 Å². The molecule has 0 amide bonds. The molecule has 1 aromatic heterocycles.